The van der Waals surface area contributed by atoms with E-state index in [0.717, 1.165) is 31.3 Å². The molecule has 3 N–H and O–H groups in total. The van der Waals surface area contributed by atoms with Gasteiger partial charge in [-0.25, -0.2) is 0 Å². The fourth-order valence-electron chi connectivity index (χ4n) is 2.75. The maximum Gasteiger partial charge on any atom is 0.223 e. The van der Waals surface area contributed by atoms with Gasteiger partial charge >= 0.3 is 0 Å². The third kappa shape index (κ3) is 7.15. The van der Waals surface area contributed by atoms with Crippen LogP contribution in [0, 0.1) is 11.8 Å². The average molecular weight is 422 g/mol. The van der Waals surface area contributed by atoms with Gasteiger partial charge in [-0.2, -0.15) is 0 Å². The fraction of sp³-hybridized carbons (Fsp3) is 0.875. The van der Waals surface area contributed by atoms with Crippen molar-refractivity contribution >= 4 is 35.8 Å². The fourth-order valence-corrected chi connectivity index (χ4v) is 2.75. The lowest BCUT2D eigenvalue weighted by atomic mass is 9.87. The first kappa shape index (κ1) is 19.5. The van der Waals surface area contributed by atoms with Crippen molar-refractivity contribution < 1.29 is 4.79 Å². The molecule has 2 saturated carbocycles. The van der Waals surface area contributed by atoms with Crippen molar-refractivity contribution in [3.63, 3.8) is 0 Å². The lowest BCUT2D eigenvalue weighted by molar-refractivity contribution is -0.122. The Bertz CT molecular complexity index is 363. The quantitative estimate of drug-likeness (QED) is 0.266. The molecule has 0 bridgehead atoms. The van der Waals surface area contributed by atoms with Crippen molar-refractivity contribution in [1.29, 1.82) is 0 Å². The maximum atomic E-state index is 11.5. The molecule has 0 atom stereocenters. The minimum atomic E-state index is 0. The molecule has 22 heavy (non-hydrogen) atoms. The first-order valence-corrected chi connectivity index (χ1v) is 8.51. The number of rotatable bonds is 6. The van der Waals surface area contributed by atoms with Crippen molar-refractivity contribution in [2.45, 2.75) is 58.4 Å². The van der Waals surface area contributed by atoms with E-state index in [0.29, 0.717) is 19.1 Å². The standard InChI is InChI=1S/C16H30N4O.HI/c1-3-17-16(20-14-8-4-12(2)5-9-14)19-11-10-18-15(21)13-6-7-13;/h12-14H,3-11H2,1-2H3,(H,18,21)(H2,17,19,20);1H. The number of amides is 1. The molecule has 1 amide bonds. The van der Waals surface area contributed by atoms with E-state index in [9.17, 15) is 4.79 Å². The average Bonchev–Trinajstić information content (AvgIpc) is 3.30. The first-order chi connectivity index (χ1) is 10.2. The van der Waals surface area contributed by atoms with Gasteiger partial charge in [0.2, 0.25) is 5.91 Å². The summed E-state index contributed by atoms with van der Waals surface area (Å²) in [5, 5.41) is 9.77. The van der Waals surface area contributed by atoms with Crippen LogP contribution in [0.1, 0.15) is 52.4 Å². The number of nitrogens with one attached hydrogen (secondary N) is 3. The van der Waals surface area contributed by atoms with Crippen LogP contribution in [0.15, 0.2) is 4.99 Å². The van der Waals surface area contributed by atoms with Crippen molar-refractivity contribution in [2.24, 2.45) is 16.8 Å². The van der Waals surface area contributed by atoms with Crippen LogP contribution in [-0.2, 0) is 4.79 Å². The maximum absolute atomic E-state index is 11.5. The van der Waals surface area contributed by atoms with Gasteiger partial charge in [-0.1, -0.05) is 6.92 Å². The number of halogens is 1. The summed E-state index contributed by atoms with van der Waals surface area (Å²) >= 11 is 0. The SMILES string of the molecule is CCNC(=NCCNC(=O)C1CC1)NC1CCC(C)CC1.I. The molecule has 2 fully saturated rings. The second-order valence-electron chi connectivity index (χ2n) is 6.43. The van der Waals surface area contributed by atoms with Crippen LogP contribution in [0.2, 0.25) is 0 Å². The lowest BCUT2D eigenvalue weighted by Gasteiger charge is -2.28. The third-order valence-corrected chi connectivity index (χ3v) is 4.33. The first-order valence-electron chi connectivity index (χ1n) is 8.51. The molecular weight excluding hydrogens is 391 g/mol. The second-order valence-corrected chi connectivity index (χ2v) is 6.43. The van der Waals surface area contributed by atoms with Crippen molar-refractivity contribution in [3.8, 4) is 0 Å². The van der Waals surface area contributed by atoms with Crippen molar-refractivity contribution in [2.75, 3.05) is 19.6 Å². The largest absolute Gasteiger partial charge is 0.357 e. The topological polar surface area (TPSA) is 65.5 Å². The van der Waals surface area contributed by atoms with Crippen molar-refractivity contribution in [1.82, 2.24) is 16.0 Å². The van der Waals surface area contributed by atoms with Gasteiger partial charge in [0.1, 0.15) is 0 Å². The molecule has 0 heterocycles. The lowest BCUT2D eigenvalue weighted by Crippen LogP contribution is -2.45. The highest BCUT2D eigenvalue weighted by molar-refractivity contribution is 14.0. The van der Waals surface area contributed by atoms with E-state index in [1.165, 1.54) is 25.7 Å². The Hall–Kier alpha value is -0.530. The zero-order valence-electron chi connectivity index (χ0n) is 13.9. The van der Waals surface area contributed by atoms with Crippen LogP contribution in [-0.4, -0.2) is 37.5 Å². The third-order valence-electron chi connectivity index (χ3n) is 4.33. The zero-order chi connectivity index (χ0) is 15.1. The zero-order valence-corrected chi connectivity index (χ0v) is 16.2. The second kappa shape index (κ2) is 10.3. The molecule has 2 rings (SSSR count). The van der Waals surface area contributed by atoms with E-state index < -0.39 is 0 Å². The van der Waals surface area contributed by atoms with Crippen LogP contribution >= 0.6 is 24.0 Å². The molecule has 0 unspecified atom stereocenters. The summed E-state index contributed by atoms with van der Waals surface area (Å²) in [4.78, 5) is 16.1. The molecule has 0 aromatic carbocycles. The number of aliphatic imine (C=N–C) groups is 1. The van der Waals surface area contributed by atoms with Gasteiger partial charge in [-0.15, -0.1) is 24.0 Å². The predicted octanol–water partition coefficient (Wildman–Crippen LogP) is 2.26. The number of hydrogen-bond donors (Lipinski definition) is 3. The summed E-state index contributed by atoms with van der Waals surface area (Å²) in [5.74, 6) is 2.23. The van der Waals surface area contributed by atoms with E-state index in [1.54, 1.807) is 0 Å². The Labute approximate surface area is 151 Å². The summed E-state index contributed by atoms with van der Waals surface area (Å²) in [7, 11) is 0. The number of carbonyl (C=O) groups is 1. The van der Waals surface area contributed by atoms with Gasteiger partial charge in [0, 0.05) is 25.0 Å². The van der Waals surface area contributed by atoms with Gasteiger partial charge in [0.05, 0.1) is 6.54 Å². The summed E-state index contributed by atoms with van der Waals surface area (Å²) < 4.78 is 0. The summed E-state index contributed by atoms with van der Waals surface area (Å²) in [6.45, 7) is 6.54. The Morgan fingerprint density at radius 3 is 2.36 bits per heavy atom. The molecule has 0 aromatic rings. The molecule has 2 aliphatic carbocycles. The minimum Gasteiger partial charge on any atom is -0.357 e. The van der Waals surface area contributed by atoms with E-state index >= 15 is 0 Å². The normalized spacial score (nSPS) is 25.1. The summed E-state index contributed by atoms with van der Waals surface area (Å²) in [6.07, 6.45) is 7.16. The number of guanidine groups is 1. The Kier molecular flexibility index (Phi) is 9.12. The van der Waals surface area contributed by atoms with Crippen LogP contribution in [0.4, 0.5) is 0 Å². The highest BCUT2D eigenvalue weighted by Crippen LogP contribution is 2.28. The van der Waals surface area contributed by atoms with E-state index in [2.05, 4.69) is 34.8 Å². The minimum absolute atomic E-state index is 0. The van der Waals surface area contributed by atoms with Gasteiger partial charge in [0.25, 0.3) is 0 Å². The van der Waals surface area contributed by atoms with Crippen LogP contribution in [0.25, 0.3) is 0 Å². The van der Waals surface area contributed by atoms with Crippen molar-refractivity contribution in [3.05, 3.63) is 0 Å². The van der Waals surface area contributed by atoms with E-state index in [-0.39, 0.29) is 35.8 Å². The summed E-state index contributed by atoms with van der Waals surface area (Å²) in [5.41, 5.74) is 0. The Morgan fingerprint density at radius 2 is 1.77 bits per heavy atom. The molecule has 0 aliphatic heterocycles. The Morgan fingerprint density at radius 1 is 1.09 bits per heavy atom. The summed E-state index contributed by atoms with van der Waals surface area (Å²) in [6, 6.07) is 0.542. The molecule has 2 aliphatic rings. The van der Waals surface area contributed by atoms with Crippen LogP contribution < -0.4 is 16.0 Å². The monoisotopic (exact) mass is 422 g/mol. The number of hydrogen-bond acceptors (Lipinski definition) is 2. The van der Waals surface area contributed by atoms with Gasteiger partial charge in [-0.05, 0) is 51.4 Å². The predicted molar refractivity (Wildman–Crippen MR) is 102 cm³/mol. The number of nitrogens with zero attached hydrogens (tertiary/aromatic N) is 1. The molecule has 0 spiro atoms. The number of carbonyl (C=O) groups excluding carboxylic acids is 1. The molecule has 0 saturated heterocycles. The van der Waals surface area contributed by atoms with Gasteiger partial charge in [-0.3, -0.25) is 9.79 Å². The highest BCUT2D eigenvalue weighted by Gasteiger charge is 2.28. The van der Waals surface area contributed by atoms with Gasteiger partial charge < -0.3 is 16.0 Å². The molecule has 6 heteroatoms. The molecule has 128 valence electrons. The molecule has 0 radical (unpaired) electrons. The Balaban J connectivity index is 0.00000242. The smallest absolute Gasteiger partial charge is 0.223 e. The highest BCUT2D eigenvalue weighted by atomic mass is 127. The van der Waals surface area contributed by atoms with Gasteiger partial charge in [0.15, 0.2) is 5.96 Å². The van der Waals surface area contributed by atoms with E-state index in [1.807, 2.05) is 0 Å². The molecular formula is C16H31IN4O. The van der Waals surface area contributed by atoms with E-state index in [4.69, 9.17) is 0 Å². The molecule has 5 nitrogen and oxygen atoms in total. The van der Waals surface area contributed by atoms with Crippen LogP contribution in [0.3, 0.4) is 0 Å². The van der Waals surface area contributed by atoms with Crippen LogP contribution in [0.5, 0.6) is 0 Å². The molecule has 0 aromatic heterocycles.